The molecule has 0 aliphatic carbocycles. The number of nitrogens with one attached hydrogen (secondary N) is 1. The molecule has 4 nitrogen and oxygen atoms in total. The Kier molecular flexibility index (Phi) is 5.32. The highest BCUT2D eigenvalue weighted by Gasteiger charge is 2.29. The summed E-state index contributed by atoms with van der Waals surface area (Å²) in [5.41, 5.74) is 0.572. The standard InChI is InChI=1S/C12H17FN2O2S.ClH/c1-9-3-4-11(13)7-12(9)18(16,17)15-6-5-14-10(2)8-15;/h3-4,7,10,14H,5-6,8H2,1-2H3;1H/t10-;/m0./s1. The van der Waals surface area contributed by atoms with Crippen LogP contribution in [0.3, 0.4) is 0 Å². The van der Waals surface area contributed by atoms with Crippen LogP contribution < -0.4 is 5.32 Å². The summed E-state index contributed by atoms with van der Waals surface area (Å²) in [6.45, 7) is 5.06. The maximum atomic E-state index is 13.2. The molecule has 1 heterocycles. The van der Waals surface area contributed by atoms with Crippen molar-refractivity contribution in [3.8, 4) is 0 Å². The lowest BCUT2D eigenvalue weighted by Gasteiger charge is -2.31. The number of benzene rings is 1. The van der Waals surface area contributed by atoms with Crippen LogP contribution in [0, 0.1) is 12.7 Å². The minimum Gasteiger partial charge on any atom is -0.312 e. The highest BCUT2D eigenvalue weighted by Crippen LogP contribution is 2.21. The second kappa shape index (κ2) is 6.17. The zero-order valence-corrected chi connectivity index (χ0v) is 12.5. The molecular formula is C12H18ClFN2O2S. The number of aryl methyl sites for hydroxylation is 1. The van der Waals surface area contributed by atoms with E-state index in [0.29, 0.717) is 25.2 Å². The van der Waals surface area contributed by atoms with Gasteiger partial charge in [-0.2, -0.15) is 4.31 Å². The van der Waals surface area contributed by atoms with Gasteiger partial charge in [-0.1, -0.05) is 6.07 Å². The molecule has 19 heavy (non-hydrogen) atoms. The number of nitrogens with zero attached hydrogens (tertiary/aromatic N) is 1. The molecule has 1 aromatic carbocycles. The van der Waals surface area contributed by atoms with E-state index in [2.05, 4.69) is 5.32 Å². The zero-order chi connectivity index (χ0) is 13.3. The normalized spacial score (nSPS) is 20.9. The van der Waals surface area contributed by atoms with Crippen molar-refractivity contribution < 1.29 is 12.8 Å². The number of rotatable bonds is 2. The summed E-state index contributed by atoms with van der Waals surface area (Å²) < 4.78 is 39.5. The van der Waals surface area contributed by atoms with Gasteiger partial charge in [-0.25, -0.2) is 12.8 Å². The fourth-order valence-electron chi connectivity index (χ4n) is 2.11. The van der Waals surface area contributed by atoms with E-state index in [1.54, 1.807) is 6.92 Å². The Morgan fingerprint density at radius 3 is 2.74 bits per heavy atom. The monoisotopic (exact) mass is 308 g/mol. The molecule has 1 aliphatic heterocycles. The lowest BCUT2D eigenvalue weighted by atomic mass is 10.2. The average molecular weight is 309 g/mol. The van der Waals surface area contributed by atoms with E-state index in [1.165, 1.54) is 16.4 Å². The molecule has 1 aromatic rings. The van der Waals surface area contributed by atoms with Crippen molar-refractivity contribution in [3.63, 3.8) is 0 Å². The first-order valence-electron chi connectivity index (χ1n) is 5.91. The van der Waals surface area contributed by atoms with E-state index in [9.17, 15) is 12.8 Å². The fraction of sp³-hybridized carbons (Fsp3) is 0.500. The molecule has 0 spiro atoms. The molecule has 0 saturated carbocycles. The van der Waals surface area contributed by atoms with Crippen LogP contribution in [-0.4, -0.2) is 38.4 Å². The van der Waals surface area contributed by atoms with Gasteiger partial charge in [0.05, 0.1) is 4.90 Å². The number of sulfonamides is 1. The van der Waals surface area contributed by atoms with E-state index >= 15 is 0 Å². The highest BCUT2D eigenvalue weighted by atomic mass is 35.5. The second-order valence-corrected chi connectivity index (χ2v) is 6.53. The number of halogens is 2. The van der Waals surface area contributed by atoms with Gasteiger partial charge in [0.15, 0.2) is 0 Å². The van der Waals surface area contributed by atoms with Gasteiger partial charge < -0.3 is 5.32 Å². The first-order valence-corrected chi connectivity index (χ1v) is 7.35. The molecule has 0 radical (unpaired) electrons. The Hall–Kier alpha value is -0.690. The molecule has 108 valence electrons. The Bertz CT molecular complexity index is 551. The van der Waals surface area contributed by atoms with E-state index in [0.717, 1.165) is 6.07 Å². The molecule has 0 aromatic heterocycles. The molecule has 0 bridgehead atoms. The minimum absolute atomic E-state index is 0. The maximum Gasteiger partial charge on any atom is 0.243 e. The third kappa shape index (κ3) is 3.45. The smallest absolute Gasteiger partial charge is 0.243 e. The van der Waals surface area contributed by atoms with Crippen LogP contribution in [0.15, 0.2) is 23.1 Å². The van der Waals surface area contributed by atoms with E-state index in [-0.39, 0.29) is 23.3 Å². The molecule has 1 N–H and O–H groups in total. The third-order valence-corrected chi connectivity index (χ3v) is 5.11. The van der Waals surface area contributed by atoms with Gasteiger partial charge in [-0.15, -0.1) is 12.4 Å². The summed E-state index contributed by atoms with van der Waals surface area (Å²) in [7, 11) is -3.59. The van der Waals surface area contributed by atoms with Crippen LogP contribution in [0.5, 0.6) is 0 Å². The number of hydrogen-bond acceptors (Lipinski definition) is 3. The molecule has 0 amide bonds. The fourth-order valence-corrected chi connectivity index (χ4v) is 3.87. The summed E-state index contributed by atoms with van der Waals surface area (Å²) in [6, 6.07) is 3.97. The third-order valence-electron chi connectivity index (χ3n) is 3.10. The van der Waals surface area contributed by atoms with E-state index in [1.807, 2.05) is 6.92 Å². The lowest BCUT2D eigenvalue weighted by molar-refractivity contribution is 0.310. The van der Waals surface area contributed by atoms with Gasteiger partial charge in [0.2, 0.25) is 10.0 Å². The predicted molar refractivity (Wildman–Crippen MR) is 74.6 cm³/mol. The Morgan fingerprint density at radius 1 is 1.42 bits per heavy atom. The van der Waals surface area contributed by atoms with Crippen LogP contribution in [-0.2, 0) is 10.0 Å². The van der Waals surface area contributed by atoms with Crippen molar-refractivity contribution in [2.75, 3.05) is 19.6 Å². The van der Waals surface area contributed by atoms with Crippen molar-refractivity contribution in [1.82, 2.24) is 9.62 Å². The number of piperazine rings is 1. The molecule has 7 heteroatoms. The van der Waals surface area contributed by atoms with Crippen LogP contribution in [0.1, 0.15) is 12.5 Å². The summed E-state index contributed by atoms with van der Waals surface area (Å²) in [5.74, 6) is -0.526. The Balaban J connectivity index is 0.00000180. The van der Waals surface area contributed by atoms with Crippen molar-refractivity contribution in [2.24, 2.45) is 0 Å². The topological polar surface area (TPSA) is 49.4 Å². The molecule has 1 aliphatic rings. The lowest BCUT2D eigenvalue weighted by Crippen LogP contribution is -2.51. The van der Waals surface area contributed by atoms with Gasteiger partial charge in [0, 0.05) is 25.7 Å². The highest BCUT2D eigenvalue weighted by molar-refractivity contribution is 7.89. The SMILES string of the molecule is Cc1ccc(F)cc1S(=O)(=O)N1CCN[C@@H](C)C1.Cl. The van der Waals surface area contributed by atoms with E-state index in [4.69, 9.17) is 0 Å². The summed E-state index contributed by atoms with van der Waals surface area (Å²) in [4.78, 5) is 0.0663. The molecule has 1 saturated heterocycles. The van der Waals surface area contributed by atoms with Crippen molar-refractivity contribution in [3.05, 3.63) is 29.6 Å². The van der Waals surface area contributed by atoms with Crippen LogP contribution in [0.4, 0.5) is 4.39 Å². The minimum atomic E-state index is -3.59. The van der Waals surface area contributed by atoms with Gasteiger partial charge in [-0.3, -0.25) is 0 Å². The predicted octanol–water partition coefficient (Wildman–Crippen LogP) is 1.54. The van der Waals surface area contributed by atoms with Crippen LogP contribution in [0.2, 0.25) is 0 Å². The molecule has 1 fully saturated rings. The van der Waals surface area contributed by atoms with Gasteiger partial charge >= 0.3 is 0 Å². The van der Waals surface area contributed by atoms with Crippen molar-refractivity contribution >= 4 is 22.4 Å². The second-order valence-electron chi connectivity index (χ2n) is 4.63. The first kappa shape index (κ1) is 16.4. The maximum absolute atomic E-state index is 13.2. The van der Waals surface area contributed by atoms with Crippen molar-refractivity contribution in [2.45, 2.75) is 24.8 Å². The van der Waals surface area contributed by atoms with Gasteiger partial charge in [0.1, 0.15) is 5.82 Å². The quantitative estimate of drug-likeness (QED) is 0.901. The van der Waals surface area contributed by atoms with Crippen LogP contribution in [0.25, 0.3) is 0 Å². The van der Waals surface area contributed by atoms with Gasteiger partial charge in [0.25, 0.3) is 0 Å². The first-order chi connectivity index (χ1) is 8.41. The molecular weight excluding hydrogens is 291 g/mol. The number of hydrogen-bond donors (Lipinski definition) is 1. The average Bonchev–Trinajstić information content (AvgIpc) is 2.32. The largest absolute Gasteiger partial charge is 0.312 e. The summed E-state index contributed by atoms with van der Waals surface area (Å²) >= 11 is 0. The van der Waals surface area contributed by atoms with E-state index < -0.39 is 15.8 Å². The summed E-state index contributed by atoms with van der Waals surface area (Å²) in [5, 5.41) is 3.18. The van der Waals surface area contributed by atoms with Crippen LogP contribution >= 0.6 is 12.4 Å². The molecule has 2 rings (SSSR count). The van der Waals surface area contributed by atoms with Gasteiger partial charge in [-0.05, 0) is 31.5 Å². The molecule has 1 atom stereocenters. The van der Waals surface area contributed by atoms with Crippen molar-refractivity contribution in [1.29, 1.82) is 0 Å². The Labute approximate surface area is 119 Å². The molecule has 0 unspecified atom stereocenters. The zero-order valence-electron chi connectivity index (χ0n) is 10.9. The summed E-state index contributed by atoms with van der Waals surface area (Å²) in [6.07, 6.45) is 0. The Morgan fingerprint density at radius 2 is 2.11 bits per heavy atom.